The molecule has 110 valence electrons. The molecule has 1 aliphatic rings. The van der Waals surface area contributed by atoms with Gasteiger partial charge in [0.15, 0.2) is 0 Å². The molecule has 1 aromatic carbocycles. The molecule has 0 aliphatic carbocycles. The van der Waals surface area contributed by atoms with Crippen LogP contribution in [0.1, 0.15) is 18.1 Å². The van der Waals surface area contributed by atoms with E-state index in [1.165, 1.54) is 20.0 Å². The number of carbonyl (C=O) groups is 1. The molecule has 20 heavy (non-hydrogen) atoms. The molecule has 2 rings (SSSR count). The van der Waals surface area contributed by atoms with Crippen molar-refractivity contribution in [3.05, 3.63) is 29.3 Å². The maximum absolute atomic E-state index is 12.4. The van der Waals surface area contributed by atoms with Gasteiger partial charge in [0.05, 0.1) is 24.0 Å². The van der Waals surface area contributed by atoms with Gasteiger partial charge in [0.1, 0.15) is 0 Å². The van der Waals surface area contributed by atoms with E-state index in [0.29, 0.717) is 13.2 Å². The van der Waals surface area contributed by atoms with Gasteiger partial charge in [-0.3, -0.25) is 4.79 Å². The van der Waals surface area contributed by atoms with Crippen molar-refractivity contribution in [2.75, 3.05) is 13.6 Å². The first-order valence-electron chi connectivity index (χ1n) is 6.21. The topological polar surface area (TPSA) is 83.9 Å². The minimum Gasteiger partial charge on any atom is -0.481 e. The molecule has 0 saturated carbocycles. The Hall–Kier alpha value is -1.44. The molecule has 1 aromatic rings. The van der Waals surface area contributed by atoms with Crippen LogP contribution in [0.15, 0.2) is 23.1 Å². The Kier molecular flexibility index (Phi) is 4.12. The third-order valence-corrected chi connectivity index (χ3v) is 5.17. The normalized spacial score (nSPS) is 16.1. The highest BCUT2D eigenvalue weighted by Gasteiger charge is 2.26. The van der Waals surface area contributed by atoms with Crippen LogP contribution in [0.5, 0.6) is 0 Å². The highest BCUT2D eigenvalue weighted by Crippen LogP contribution is 2.24. The Morgan fingerprint density at radius 1 is 1.40 bits per heavy atom. The van der Waals surface area contributed by atoms with Gasteiger partial charge in [-0.15, -0.1) is 0 Å². The number of fused-ring (bicyclic) bond motifs is 1. The van der Waals surface area contributed by atoms with Crippen LogP contribution in [0.3, 0.4) is 0 Å². The van der Waals surface area contributed by atoms with Gasteiger partial charge in [0.2, 0.25) is 10.0 Å². The lowest BCUT2D eigenvalue weighted by Gasteiger charge is -2.19. The van der Waals surface area contributed by atoms with Crippen molar-refractivity contribution in [2.24, 2.45) is 5.92 Å². The number of carboxylic acid groups (broad SMARTS) is 1. The maximum Gasteiger partial charge on any atom is 0.307 e. The van der Waals surface area contributed by atoms with E-state index >= 15 is 0 Å². The quantitative estimate of drug-likeness (QED) is 0.879. The van der Waals surface area contributed by atoms with Crippen LogP contribution in [0.25, 0.3) is 0 Å². The van der Waals surface area contributed by atoms with E-state index in [0.717, 1.165) is 15.4 Å². The van der Waals surface area contributed by atoms with Gasteiger partial charge in [-0.05, 0) is 23.3 Å². The lowest BCUT2D eigenvalue weighted by atomic mass is 10.1. The van der Waals surface area contributed by atoms with Gasteiger partial charge in [-0.25, -0.2) is 12.7 Å². The fourth-order valence-corrected chi connectivity index (χ4v) is 3.36. The van der Waals surface area contributed by atoms with E-state index in [4.69, 9.17) is 9.84 Å². The van der Waals surface area contributed by atoms with E-state index in [1.807, 2.05) is 0 Å². The summed E-state index contributed by atoms with van der Waals surface area (Å²) in [5, 5.41) is 8.86. The first-order valence-corrected chi connectivity index (χ1v) is 7.65. The molecule has 1 heterocycles. The minimum atomic E-state index is -3.67. The van der Waals surface area contributed by atoms with Crippen LogP contribution < -0.4 is 0 Å². The predicted molar refractivity (Wildman–Crippen MR) is 71.6 cm³/mol. The summed E-state index contributed by atoms with van der Waals surface area (Å²) in [5.74, 6) is -1.78. The summed E-state index contributed by atoms with van der Waals surface area (Å²) < 4.78 is 31.1. The number of benzene rings is 1. The summed E-state index contributed by atoms with van der Waals surface area (Å²) in [6.07, 6.45) is 0. The SMILES string of the molecule is CC(CN(C)S(=O)(=O)c1ccc2c(c1)COC2)C(=O)O. The molecule has 0 spiro atoms. The first kappa shape index (κ1) is 15.0. The maximum atomic E-state index is 12.4. The fourth-order valence-electron chi connectivity index (χ4n) is 2.05. The highest BCUT2D eigenvalue weighted by molar-refractivity contribution is 7.89. The molecule has 6 nitrogen and oxygen atoms in total. The molecule has 1 unspecified atom stereocenters. The molecule has 7 heteroatoms. The van der Waals surface area contributed by atoms with Gasteiger partial charge in [0, 0.05) is 13.6 Å². The molecule has 1 N–H and O–H groups in total. The summed E-state index contributed by atoms with van der Waals surface area (Å²) >= 11 is 0. The third-order valence-electron chi connectivity index (χ3n) is 3.35. The molecule has 0 saturated heterocycles. The Labute approximate surface area is 118 Å². The van der Waals surface area contributed by atoms with Crippen LogP contribution in [0.4, 0.5) is 0 Å². The second-order valence-corrected chi connectivity index (χ2v) is 6.99. The number of nitrogens with zero attached hydrogens (tertiary/aromatic N) is 1. The smallest absolute Gasteiger partial charge is 0.307 e. The molecule has 0 amide bonds. The number of hydrogen-bond acceptors (Lipinski definition) is 4. The molecule has 1 aliphatic heterocycles. The Morgan fingerprint density at radius 3 is 2.70 bits per heavy atom. The summed E-state index contributed by atoms with van der Waals surface area (Å²) in [7, 11) is -2.29. The zero-order chi connectivity index (χ0) is 14.9. The summed E-state index contributed by atoms with van der Waals surface area (Å²) in [6.45, 7) is 2.33. The monoisotopic (exact) mass is 299 g/mol. The van der Waals surface area contributed by atoms with E-state index < -0.39 is 21.9 Å². The van der Waals surface area contributed by atoms with Gasteiger partial charge < -0.3 is 9.84 Å². The number of aliphatic carboxylic acids is 1. The van der Waals surface area contributed by atoms with Crippen molar-refractivity contribution in [1.29, 1.82) is 0 Å². The standard InChI is InChI=1S/C13H17NO5S/c1-9(13(15)16)6-14(2)20(17,18)12-4-3-10-7-19-8-11(10)5-12/h3-5,9H,6-8H2,1-2H3,(H,15,16). The van der Waals surface area contributed by atoms with Gasteiger partial charge in [-0.1, -0.05) is 13.0 Å². The van der Waals surface area contributed by atoms with E-state index in [1.54, 1.807) is 12.1 Å². The van der Waals surface area contributed by atoms with Crippen LogP contribution in [0.2, 0.25) is 0 Å². The van der Waals surface area contributed by atoms with Gasteiger partial charge >= 0.3 is 5.97 Å². The van der Waals surface area contributed by atoms with E-state index in [-0.39, 0.29) is 11.4 Å². The summed E-state index contributed by atoms with van der Waals surface area (Å²) in [5.41, 5.74) is 1.86. The number of hydrogen-bond donors (Lipinski definition) is 1. The number of carboxylic acids is 1. The lowest BCUT2D eigenvalue weighted by Crippen LogP contribution is -2.33. The lowest BCUT2D eigenvalue weighted by molar-refractivity contribution is -0.141. The average Bonchev–Trinajstić information content (AvgIpc) is 2.85. The van der Waals surface area contributed by atoms with Crippen molar-refractivity contribution in [3.8, 4) is 0 Å². The molecule has 0 bridgehead atoms. The zero-order valence-corrected chi connectivity index (χ0v) is 12.2. The molecular formula is C13H17NO5S. The third kappa shape index (κ3) is 2.84. The average molecular weight is 299 g/mol. The Morgan fingerprint density at radius 2 is 2.05 bits per heavy atom. The number of rotatable bonds is 5. The first-order chi connectivity index (χ1) is 9.32. The minimum absolute atomic E-state index is 0.0642. The van der Waals surface area contributed by atoms with Gasteiger partial charge in [0.25, 0.3) is 0 Å². The fraction of sp³-hybridized carbons (Fsp3) is 0.462. The Balaban J connectivity index is 2.24. The van der Waals surface area contributed by atoms with Crippen LogP contribution >= 0.6 is 0 Å². The Bertz CT molecular complexity index is 626. The number of sulfonamides is 1. The van der Waals surface area contributed by atoms with Crippen molar-refractivity contribution in [1.82, 2.24) is 4.31 Å². The predicted octanol–water partition coefficient (Wildman–Crippen LogP) is 1.06. The molecule has 1 atom stereocenters. The second-order valence-electron chi connectivity index (χ2n) is 4.95. The molecule has 0 radical (unpaired) electrons. The van der Waals surface area contributed by atoms with Crippen LogP contribution in [-0.2, 0) is 32.8 Å². The van der Waals surface area contributed by atoms with Crippen molar-refractivity contribution in [3.63, 3.8) is 0 Å². The van der Waals surface area contributed by atoms with Crippen molar-refractivity contribution in [2.45, 2.75) is 25.0 Å². The second kappa shape index (κ2) is 5.51. The summed E-state index contributed by atoms with van der Waals surface area (Å²) in [4.78, 5) is 11.0. The largest absolute Gasteiger partial charge is 0.481 e. The summed E-state index contributed by atoms with van der Waals surface area (Å²) in [6, 6.07) is 4.87. The van der Waals surface area contributed by atoms with Crippen LogP contribution in [0, 0.1) is 5.92 Å². The van der Waals surface area contributed by atoms with Crippen molar-refractivity contribution < 1.29 is 23.1 Å². The van der Waals surface area contributed by atoms with E-state index in [9.17, 15) is 13.2 Å². The van der Waals surface area contributed by atoms with Gasteiger partial charge in [-0.2, -0.15) is 0 Å². The highest BCUT2D eigenvalue weighted by atomic mass is 32.2. The van der Waals surface area contributed by atoms with Crippen LogP contribution in [-0.4, -0.2) is 37.4 Å². The molecule has 0 fully saturated rings. The van der Waals surface area contributed by atoms with Crippen molar-refractivity contribution >= 4 is 16.0 Å². The van der Waals surface area contributed by atoms with E-state index in [2.05, 4.69) is 0 Å². The number of ether oxygens (including phenoxy) is 1. The zero-order valence-electron chi connectivity index (χ0n) is 11.4. The molecule has 0 aromatic heterocycles. The molecular weight excluding hydrogens is 282 g/mol.